The maximum Gasteiger partial charge on any atom is 0.340 e. The monoisotopic (exact) mass is 387 g/mol. The van der Waals surface area contributed by atoms with Crippen LogP contribution in [0.3, 0.4) is 0 Å². The van der Waals surface area contributed by atoms with Crippen LogP contribution < -0.4 is 10.6 Å². The van der Waals surface area contributed by atoms with Gasteiger partial charge in [0.15, 0.2) is 0 Å². The Morgan fingerprint density at radius 2 is 1.89 bits per heavy atom. The van der Waals surface area contributed by atoms with E-state index in [1.54, 1.807) is 0 Å². The van der Waals surface area contributed by atoms with Crippen molar-refractivity contribution in [1.29, 1.82) is 0 Å². The second-order valence-corrected chi connectivity index (χ2v) is 6.11. The molecule has 0 atom stereocenters. The molecular weight excluding hydrogens is 368 g/mol. The minimum atomic E-state index is -1.06. The van der Waals surface area contributed by atoms with Crippen LogP contribution in [0.2, 0.25) is 0 Å². The summed E-state index contributed by atoms with van der Waals surface area (Å²) in [4.78, 5) is 23.5. The molecule has 0 aliphatic rings. The highest BCUT2D eigenvalue weighted by atomic mass is 19.1. The highest BCUT2D eigenvalue weighted by Gasteiger charge is 2.17. The summed E-state index contributed by atoms with van der Waals surface area (Å²) in [6.07, 6.45) is 2.64. The number of methoxy groups -OCH3 is 1. The van der Waals surface area contributed by atoms with Crippen LogP contribution in [0, 0.1) is 11.6 Å². The smallest absolute Gasteiger partial charge is 0.340 e. The third-order valence-electron chi connectivity index (χ3n) is 4.25. The minimum Gasteiger partial charge on any atom is -0.465 e. The summed E-state index contributed by atoms with van der Waals surface area (Å²) in [5.41, 5.74) is 0.338. The number of nitrogens with one attached hydrogen (secondary N) is 2. The van der Waals surface area contributed by atoms with Crippen molar-refractivity contribution in [2.75, 3.05) is 19.0 Å². The van der Waals surface area contributed by atoms with Crippen molar-refractivity contribution in [2.24, 2.45) is 0 Å². The molecule has 0 saturated carbocycles. The van der Waals surface area contributed by atoms with Gasteiger partial charge in [0, 0.05) is 30.9 Å². The van der Waals surface area contributed by atoms with E-state index in [0.717, 1.165) is 24.1 Å². The van der Waals surface area contributed by atoms with Crippen LogP contribution in [-0.4, -0.2) is 30.2 Å². The summed E-state index contributed by atoms with van der Waals surface area (Å²) >= 11 is 0. The average Bonchev–Trinajstić information content (AvgIpc) is 3.10. The lowest BCUT2D eigenvalue weighted by molar-refractivity contribution is 0.0595. The lowest BCUT2D eigenvalue weighted by Crippen LogP contribution is -2.30. The number of hydrogen-bond donors (Lipinski definition) is 2. The molecule has 0 fully saturated rings. The first-order valence-corrected chi connectivity index (χ1v) is 8.65. The Balaban J connectivity index is 1.54. The van der Waals surface area contributed by atoms with E-state index in [1.165, 1.54) is 0 Å². The van der Waals surface area contributed by atoms with Crippen LogP contribution in [-0.2, 0) is 11.3 Å². The van der Waals surface area contributed by atoms with Gasteiger partial charge < -0.3 is 19.9 Å². The number of hydrogen-bond acceptors (Lipinski definition) is 3. The zero-order valence-corrected chi connectivity index (χ0v) is 15.2. The Bertz CT molecular complexity index is 1020. The number of fused-ring (bicyclic) bond motifs is 1. The molecule has 0 bridgehead atoms. The highest BCUT2D eigenvalue weighted by molar-refractivity contribution is 5.94. The van der Waals surface area contributed by atoms with Crippen molar-refractivity contribution in [1.82, 2.24) is 9.88 Å². The van der Waals surface area contributed by atoms with Crippen LogP contribution in [0.5, 0.6) is 0 Å². The van der Waals surface area contributed by atoms with E-state index in [-0.39, 0.29) is 5.69 Å². The average molecular weight is 387 g/mol. The number of aryl methyl sites for hydroxylation is 1. The summed E-state index contributed by atoms with van der Waals surface area (Å²) < 4.78 is 34.0. The van der Waals surface area contributed by atoms with E-state index in [9.17, 15) is 18.4 Å². The van der Waals surface area contributed by atoms with Gasteiger partial charge in [-0.05, 0) is 30.0 Å². The van der Waals surface area contributed by atoms with Crippen LogP contribution in [0.1, 0.15) is 16.8 Å². The molecule has 0 spiro atoms. The van der Waals surface area contributed by atoms with Crippen LogP contribution in [0.15, 0.2) is 48.7 Å². The van der Waals surface area contributed by atoms with Gasteiger partial charge in [-0.15, -0.1) is 0 Å². The number of rotatable bonds is 6. The van der Waals surface area contributed by atoms with Gasteiger partial charge in [-0.2, -0.15) is 0 Å². The zero-order chi connectivity index (χ0) is 20.1. The van der Waals surface area contributed by atoms with Gasteiger partial charge in [0.05, 0.1) is 18.4 Å². The SMILES string of the molecule is COC(=O)c1cc(NC(=O)NCCCn2ccc3ccccc32)c(F)cc1F. The number of ether oxygens (including phenoxy) is 1. The van der Waals surface area contributed by atoms with Gasteiger partial charge in [-0.1, -0.05) is 18.2 Å². The number of esters is 1. The Hall–Kier alpha value is -3.42. The van der Waals surface area contributed by atoms with Crippen LogP contribution in [0.4, 0.5) is 19.3 Å². The molecule has 2 aromatic carbocycles. The van der Waals surface area contributed by atoms with Crippen molar-refractivity contribution in [3.63, 3.8) is 0 Å². The normalized spacial score (nSPS) is 10.7. The van der Waals surface area contributed by atoms with Crippen LogP contribution in [0.25, 0.3) is 10.9 Å². The maximum atomic E-state index is 13.8. The number of amides is 2. The van der Waals surface area contributed by atoms with E-state index in [0.29, 0.717) is 25.6 Å². The zero-order valence-electron chi connectivity index (χ0n) is 15.2. The second kappa shape index (κ2) is 8.51. The number of carbonyl (C=O) groups is 2. The molecule has 0 radical (unpaired) electrons. The van der Waals surface area contributed by atoms with Gasteiger partial charge in [-0.3, -0.25) is 0 Å². The van der Waals surface area contributed by atoms with Crippen molar-refractivity contribution in [2.45, 2.75) is 13.0 Å². The quantitative estimate of drug-likeness (QED) is 0.497. The summed E-state index contributed by atoms with van der Waals surface area (Å²) in [6, 6.07) is 10.8. The predicted molar refractivity (Wildman–Crippen MR) is 101 cm³/mol. The molecule has 146 valence electrons. The molecule has 3 aromatic rings. The number of urea groups is 1. The van der Waals surface area contributed by atoms with Gasteiger partial charge in [0.25, 0.3) is 0 Å². The topological polar surface area (TPSA) is 72.4 Å². The molecule has 0 aliphatic carbocycles. The third kappa shape index (κ3) is 4.28. The number of carbonyl (C=O) groups excluding carboxylic acids is 2. The first-order valence-electron chi connectivity index (χ1n) is 8.65. The highest BCUT2D eigenvalue weighted by Crippen LogP contribution is 2.20. The van der Waals surface area contributed by atoms with E-state index in [4.69, 9.17) is 0 Å². The van der Waals surface area contributed by atoms with E-state index in [1.807, 2.05) is 36.5 Å². The fraction of sp³-hybridized carbons (Fsp3) is 0.200. The predicted octanol–water partition coefficient (Wildman–Crippen LogP) is 3.92. The molecule has 0 aliphatic heterocycles. The van der Waals surface area contributed by atoms with Gasteiger partial charge in [0.1, 0.15) is 11.6 Å². The van der Waals surface area contributed by atoms with Crippen molar-refractivity contribution in [3.05, 3.63) is 65.9 Å². The Labute approximate surface area is 160 Å². The number of nitrogens with zero attached hydrogens (tertiary/aromatic N) is 1. The summed E-state index contributed by atoms with van der Waals surface area (Å²) in [5.74, 6) is -3.01. The van der Waals surface area contributed by atoms with E-state index < -0.39 is 29.2 Å². The first-order chi connectivity index (χ1) is 13.5. The molecule has 1 aromatic heterocycles. The fourth-order valence-corrected chi connectivity index (χ4v) is 2.86. The van der Waals surface area contributed by atoms with E-state index in [2.05, 4.69) is 19.9 Å². The molecule has 2 N–H and O–H groups in total. The lowest BCUT2D eigenvalue weighted by Gasteiger charge is -2.11. The largest absolute Gasteiger partial charge is 0.465 e. The molecule has 6 nitrogen and oxygen atoms in total. The molecule has 3 rings (SSSR count). The second-order valence-electron chi connectivity index (χ2n) is 6.11. The summed E-state index contributed by atoms with van der Waals surface area (Å²) in [5, 5.41) is 6.02. The number of aromatic nitrogens is 1. The molecular formula is C20H19F2N3O3. The first kappa shape index (κ1) is 19.3. The number of halogens is 2. The Morgan fingerprint density at radius 3 is 2.68 bits per heavy atom. The van der Waals surface area contributed by atoms with Crippen LogP contribution >= 0.6 is 0 Å². The molecule has 8 heteroatoms. The Morgan fingerprint density at radius 1 is 1.11 bits per heavy atom. The maximum absolute atomic E-state index is 13.8. The minimum absolute atomic E-state index is 0.310. The molecule has 0 saturated heterocycles. The summed E-state index contributed by atoms with van der Waals surface area (Å²) in [6.45, 7) is 1.05. The molecule has 1 heterocycles. The van der Waals surface area contributed by atoms with Crippen molar-refractivity contribution >= 4 is 28.6 Å². The fourth-order valence-electron chi connectivity index (χ4n) is 2.86. The number of benzene rings is 2. The van der Waals surface area contributed by atoms with Crippen molar-refractivity contribution < 1.29 is 23.1 Å². The molecule has 28 heavy (non-hydrogen) atoms. The van der Waals surface area contributed by atoms with Gasteiger partial charge in [-0.25, -0.2) is 18.4 Å². The third-order valence-corrected chi connectivity index (χ3v) is 4.25. The number of anilines is 1. The Kier molecular flexibility index (Phi) is 5.88. The lowest BCUT2D eigenvalue weighted by atomic mass is 10.2. The number of para-hydroxylation sites is 1. The van der Waals surface area contributed by atoms with Gasteiger partial charge in [0.2, 0.25) is 0 Å². The molecule has 2 amide bonds. The standard InChI is InChI=1S/C20H19F2N3O3/c1-28-19(26)14-11-17(16(22)12-15(14)21)24-20(27)23-8-4-9-25-10-7-13-5-2-3-6-18(13)25/h2-3,5-7,10-12H,4,8-9H2,1H3,(H2,23,24,27). The van der Waals surface area contributed by atoms with Gasteiger partial charge >= 0.3 is 12.0 Å². The summed E-state index contributed by atoms with van der Waals surface area (Å²) in [7, 11) is 1.08. The molecule has 0 unspecified atom stereocenters. The van der Waals surface area contributed by atoms with E-state index >= 15 is 0 Å². The van der Waals surface area contributed by atoms with Crippen molar-refractivity contribution in [3.8, 4) is 0 Å².